The summed E-state index contributed by atoms with van der Waals surface area (Å²) in [7, 11) is 3.56. The molecule has 1 aromatic rings. The average molecular weight is 261 g/mol. The molecule has 1 aromatic carbocycles. The molecular formula is C15H23N3O. The summed E-state index contributed by atoms with van der Waals surface area (Å²) in [5.74, 6) is 0. The third-order valence-electron chi connectivity index (χ3n) is 3.49. The number of rotatable bonds is 3. The van der Waals surface area contributed by atoms with Crippen LogP contribution in [0.1, 0.15) is 18.4 Å². The lowest BCUT2D eigenvalue weighted by Crippen LogP contribution is -2.49. The van der Waals surface area contributed by atoms with Crippen molar-refractivity contribution in [2.45, 2.75) is 25.4 Å². The number of hydrogen-bond donors (Lipinski definition) is 1. The number of benzene rings is 1. The molecule has 2 amide bonds. The van der Waals surface area contributed by atoms with Gasteiger partial charge in [-0.3, -0.25) is 4.90 Å². The van der Waals surface area contributed by atoms with E-state index in [4.69, 9.17) is 0 Å². The maximum absolute atomic E-state index is 11.7. The van der Waals surface area contributed by atoms with Crippen molar-refractivity contribution in [2.75, 3.05) is 27.2 Å². The van der Waals surface area contributed by atoms with Crippen LogP contribution < -0.4 is 5.32 Å². The number of amides is 2. The maximum Gasteiger partial charge on any atom is 0.317 e. The minimum Gasteiger partial charge on any atom is -0.334 e. The van der Waals surface area contributed by atoms with Crippen LogP contribution >= 0.6 is 0 Å². The number of likely N-dealkylation sites (tertiary alicyclic amines) is 1. The van der Waals surface area contributed by atoms with Gasteiger partial charge >= 0.3 is 6.03 Å². The van der Waals surface area contributed by atoms with Gasteiger partial charge in [0.2, 0.25) is 0 Å². The van der Waals surface area contributed by atoms with Gasteiger partial charge in [-0.05, 0) is 24.9 Å². The molecule has 1 fully saturated rings. The van der Waals surface area contributed by atoms with E-state index in [1.54, 1.807) is 19.0 Å². The fraction of sp³-hybridized carbons (Fsp3) is 0.533. The van der Waals surface area contributed by atoms with Crippen LogP contribution in [0.25, 0.3) is 0 Å². The van der Waals surface area contributed by atoms with Crippen molar-refractivity contribution in [1.29, 1.82) is 0 Å². The van der Waals surface area contributed by atoms with Crippen molar-refractivity contribution in [2.24, 2.45) is 0 Å². The zero-order valence-corrected chi connectivity index (χ0v) is 11.8. The quantitative estimate of drug-likeness (QED) is 0.902. The van der Waals surface area contributed by atoms with E-state index in [9.17, 15) is 4.79 Å². The minimum atomic E-state index is 0.00608. The van der Waals surface area contributed by atoms with Crippen LogP contribution in [0.15, 0.2) is 30.3 Å². The molecule has 1 saturated heterocycles. The van der Waals surface area contributed by atoms with Crippen molar-refractivity contribution >= 4 is 6.03 Å². The van der Waals surface area contributed by atoms with Gasteiger partial charge in [0.25, 0.3) is 0 Å². The summed E-state index contributed by atoms with van der Waals surface area (Å²) < 4.78 is 0. The van der Waals surface area contributed by atoms with Crippen molar-refractivity contribution in [3.05, 3.63) is 35.9 Å². The first-order chi connectivity index (χ1) is 9.15. The van der Waals surface area contributed by atoms with Gasteiger partial charge in [-0.1, -0.05) is 30.3 Å². The van der Waals surface area contributed by atoms with Crippen LogP contribution in [0.4, 0.5) is 4.79 Å². The third-order valence-corrected chi connectivity index (χ3v) is 3.49. The van der Waals surface area contributed by atoms with Crippen molar-refractivity contribution in [3.8, 4) is 0 Å². The van der Waals surface area contributed by atoms with E-state index in [-0.39, 0.29) is 12.1 Å². The summed E-state index contributed by atoms with van der Waals surface area (Å²) >= 11 is 0. The molecule has 2 rings (SSSR count). The van der Waals surface area contributed by atoms with E-state index >= 15 is 0 Å². The molecule has 0 saturated carbocycles. The molecule has 1 aliphatic rings. The lowest BCUT2D eigenvalue weighted by atomic mass is 10.0. The Morgan fingerprint density at radius 3 is 2.79 bits per heavy atom. The standard InChI is InChI=1S/C15H23N3O/c1-17(2)15(19)16-14-9-6-10-18(12-14)11-13-7-4-3-5-8-13/h3-5,7-8,14H,6,9-12H2,1-2H3,(H,16,19). The number of urea groups is 1. The topological polar surface area (TPSA) is 35.6 Å². The normalized spacial score (nSPS) is 20.0. The Morgan fingerprint density at radius 2 is 2.11 bits per heavy atom. The summed E-state index contributed by atoms with van der Waals surface area (Å²) in [6.45, 7) is 3.02. The Morgan fingerprint density at radius 1 is 1.37 bits per heavy atom. The van der Waals surface area contributed by atoms with Gasteiger partial charge < -0.3 is 10.2 Å². The number of carbonyl (C=O) groups is 1. The molecular weight excluding hydrogens is 238 g/mol. The highest BCUT2D eigenvalue weighted by atomic mass is 16.2. The first-order valence-corrected chi connectivity index (χ1v) is 6.89. The van der Waals surface area contributed by atoms with Crippen LogP contribution in [0.2, 0.25) is 0 Å². The van der Waals surface area contributed by atoms with Gasteiger partial charge in [-0.25, -0.2) is 4.79 Å². The molecule has 19 heavy (non-hydrogen) atoms. The van der Waals surface area contributed by atoms with Crippen LogP contribution in [-0.2, 0) is 6.54 Å². The molecule has 0 aromatic heterocycles. The van der Waals surface area contributed by atoms with E-state index in [0.717, 1.165) is 32.5 Å². The second kappa shape index (κ2) is 6.57. The minimum absolute atomic E-state index is 0.00608. The molecule has 0 radical (unpaired) electrons. The molecule has 104 valence electrons. The highest BCUT2D eigenvalue weighted by Gasteiger charge is 2.21. The van der Waals surface area contributed by atoms with Gasteiger partial charge in [0.05, 0.1) is 0 Å². The van der Waals surface area contributed by atoms with Gasteiger partial charge in [0, 0.05) is 33.2 Å². The molecule has 1 unspecified atom stereocenters. The Kier molecular flexibility index (Phi) is 4.80. The fourth-order valence-electron chi connectivity index (χ4n) is 2.46. The highest BCUT2D eigenvalue weighted by molar-refractivity contribution is 5.73. The monoisotopic (exact) mass is 261 g/mol. The van der Waals surface area contributed by atoms with E-state index in [2.05, 4.69) is 34.5 Å². The number of piperidine rings is 1. The maximum atomic E-state index is 11.7. The lowest BCUT2D eigenvalue weighted by molar-refractivity contribution is 0.172. The third kappa shape index (κ3) is 4.24. The molecule has 4 heteroatoms. The van der Waals surface area contributed by atoms with Gasteiger partial charge in [-0.15, -0.1) is 0 Å². The molecule has 1 heterocycles. The zero-order valence-electron chi connectivity index (χ0n) is 11.8. The predicted molar refractivity (Wildman–Crippen MR) is 77.0 cm³/mol. The number of carbonyl (C=O) groups excluding carboxylic acids is 1. The Labute approximate surface area is 115 Å². The molecule has 4 nitrogen and oxygen atoms in total. The second-order valence-electron chi connectivity index (χ2n) is 5.40. The summed E-state index contributed by atoms with van der Waals surface area (Å²) in [6.07, 6.45) is 2.22. The SMILES string of the molecule is CN(C)C(=O)NC1CCCN(Cc2ccccc2)C1. The van der Waals surface area contributed by atoms with Crippen molar-refractivity contribution in [1.82, 2.24) is 15.1 Å². The van der Waals surface area contributed by atoms with Crippen LogP contribution in [0.3, 0.4) is 0 Å². The molecule has 1 N–H and O–H groups in total. The number of hydrogen-bond acceptors (Lipinski definition) is 2. The molecule has 1 atom stereocenters. The first kappa shape index (κ1) is 13.9. The molecule has 0 aliphatic carbocycles. The van der Waals surface area contributed by atoms with Gasteiger partial charge in [0.15, 0.2) is 0 Å². The average Bonchev–Trinajstić information content (AvgIpc) is 2.40. The summed E-state index contributed by atoms with van der Waals surface area (Å²) in [5.41, 5.74) is 1.34. The summed E-state index contributed by atoms with van der Waals surface area (Å²) in [4.78, 5) is 15.7. The van der Waals surface area contributed by atoms with E-state index in [1.807, 2.05) is 6.07 Å². The van der Waals surface area contributed by atoms with E-state index in [0.29, 0.717) is 0 Å². The zero-order chi connectivity index (χ0) is 13.7. The highest BCUT2D eigenvalue weighted by Crippen LogP contribution is 2.13. The van der Waals surface area contributed by atoms with Crippen molar-refractivity contribution < 1.29 is 4.79 Å². The molecule has 0 bridgehead atoms. The predicted octanol–water partition coefficient (Wildman–Crippen LogP) is 1.92. The summed E-state index contributed by atoms with van der Waals surface area (Å²) in [5, 5.41) is 3.08. The Bertz CT molecular complexity index is 405. The van der Waals surface area contributed by atoms with Gasteiger partial charge in [0.1, 0.15) is 0 Å². The molecule has 0 spiro atoms. The summed E-state index contributed by atoms with van der Waals surface area (Å²) in [6, 6.07) is 10.8. The van der Waals surface area contributed by atoms with Crippen molar-refractivity contribution in [3.63, 3.8) is 0 Å². The van der Waals surface area contributed by atoms with E-state index in [1.165, 1.54) is 5.56 Å². The molecule has 1 aliphatic heterocycles. The van der Waals surface area contributed by atoms with Gasteiger partial charge in [-0.2, -0.15) is 0 Å². The Hall–Kier alpha value is -1.55. The van der Waals surface area contributed by atoms with Crippen LogP contribution in [-0.4, -0.2) is 49.1 Å². The second-order valence-corrected chi connectivity index (χ2v) is 5.40. The lowest BCUT2D eigenvalue weighted by Gasteiger charge is -2.33. The smallest absolute Gasteiger partial charge is 0.317 e. The Balaban J connectivity index is 1.85. The number of nitrogens with one attached hydrogen (secondary N) is 1. The fourth-order valence-corrected chi connectivity index (χ4v) is 2.46. The van der Waals surface area contributed by atoms with Crippen LogP contribution in [0, 0.1) is 0 Å². The largest absolute Gasteiger partial charge is 0.334 e. The van der Waals surface area contributed by atoms with E-state index < -0.39 is 0 Å². The first-order valence-electron chi connectivity index (χ1n) is 6.89. The van der Waals surface area contributed by atoms with Crippen LogP contribution in [0.5, 0.6) is 0 Å². The number of nitrogens with zero attached hydrogens (tertiary/aromatic N) is 2.